The number of amides is 1. The molecule has 1 atom stereocenters. The fourth-order valence-corrected chi connectivity index (χ4v) is 3.88. The molecule has 148 valence electrons. The molecule has 0 bridgehead atoms. The molecule has 1 aromatic rings. The summed E-state index contributed by atoms with van der Waals surface area (Å²) in [7, 11) is 0. The number of nitrogens with one attached hydrogen (secondary N) is 1. The summed E-state index contributed by atoms with van der Waals surface area (Å²) in [6, 6.07) is 2.50. The van der Waals surface area contributed by atoms with E-state index in [2.05, 4.69) is 49.9 Å². The highest BCUT2D eigenvalue weighted by Gasteiger charge is 2.33. The third-order valence-corrected chi connectivity index (χ3v) is 5.30. The first-order chi connectivity index (χ1) is 11.8. The van der Waals surface area contributed by atoms with Gasteiger partial charge in [-0.15, -0.1) is 12.4 Å². The predicted octanol–water partition coefficient (Wildman–Crippen LogP) is 2.30. The first-order valence-electron chi connectivity index (χ1n) is 9.62. The van der Waals surface area contributed by atoms with Gasteiger partial charge in [0.15, 0.2) is 5.69 Å². The molecular formula is C19H34ClN5O. The number of carbonyl (C=O) groups excluding carboxylic acids is 1. The number of nitrogens with zero attached hydrogens (tertiary/aromatic N) is 4. The lowest BCUT2D eigenvalue weighted by Gasteiger charge is -2.32. The van der Waals surface area contributed by atoms with Gasteiger partial charge in [-0.2, -0.15) is 5.10 Å². The van der Waals surface area contributed by atoms with Gasteiger partial charge in [-0.25, -0.2) is 0 Å². The van der Waals surface area contributed by atoms with Crippen LogP contribution in [0, 0.1) is 0 Å². The molecule has 7 heteroatoms. The van der Waals surface area contributed by atoms with E-state index in [0.717, 1.165) is 51.4 Å². The molecular weight excluding hydrogens is 350 g/mol. The molecule has 2 saturated heterocycles. The Morgan fingerprint density at radius 1 is 1.23 bits per heavy atom. The van der Waals surface area contributed by atoms with Gasteiger partial charge in [0.05, 0.1) is 5.54 Å². The minimum Gasteiger partial charge on any atom is -0.336 e. The van der Waals surface area contributed by atoms with Crippen LogP contribution in [0.2, 0.25) is 0 Å². The number of aromatic nitrogens is 2. The maximum atomic E-state index is 13.0. The summed E-state index contributed by atoms with van der Waals surface area (Å²) >= 11 is 0. The molecule has 3 heterocycles. The second kappa shape index (κ2) is 8.28. The van der Waals surface area contributed by atoms with Crippen molar-refractivity contribution < 1.29 is 4.79 Å². The van der Waals surface area contributed by atoms with Gasteiger partial charge in [-0.1, -0.05) is 13.8 Å². The van der Waals surface area contributed by atoms with Crippen LogP contribution >= 0.6 is 12.4 Å². The van der Waals surface area contributed by atoms with Crippen molar-refractivity contribution in [3.05, 3.63) is 17.5 Å². The highest BCUT2D eigenvalue weighted by molar-refractivity contribution is 5.92. The molecule has 0 radical (unpaired) electrons. The van der Waals surface area contributed by atoms with E-state index in [1.54, 1.807) is 0 Å². The molecule has 0 aliphatic carbocycles. The van der Waals surface area contributed by atoms with E-state index in [9.17, 15) is 4.79 Å². The number of hydrogen-bond donors (Lipinski definition) is 1. The van der Waals surface area contributed by atoms with Crippen LogP contribution in [0.15, 0.2) is 6.07 Å². The number of halogens is 1. The number of carbonyl (C=O) groups is 1. The summed E-state index contributed by atoms with van der Waals surface area (Å²) in [4.78, 5) is 17.5. The Bertz CT molecular complexity index is 616. The normalized spacial score (nSPS) is 21.9. The van der Waals surface area contributed by atoms with Gasteiger partial charge < -0.3 is 10.2 Å². The lowest BCUT2D eigenvalue weighted by Crippen LogP contribution is -2.49. The second-order valence-electron chi connectivity index (χ2n) is 8.67. The molecule has 1 aromatic heterocycles. The minimum absolute atomic E-state index is 0. The molecule has 0 saturated carbocycles. The molecule has 3 rings (SSSR count). The molecule has 1 N–H and O–H groups in total. The van der Waals surface area contributed by atoms with E-state index < -0.39 is 0 Å². The van der Waals surface area contributed by atoms with Gasteiger partial charge in [0.25, 0.3) is 5.91 Å². The van der Waals surface area contributed by atoms with Gasteiger partial charge in [-0.05, 0) is 39.2 Å². The van der Waals surface area contributed by atoms with Crippen LogP contribution in [-0.2, 0) is 5.54 Å². The van der Waals surface area contributed by atoms with Crippen LogP contribution in [0.4, 0.5) is 0 Å². The largest absolute Gasteiger partial charge is 0.336 e. The standard InChI is InChI=1S/C19H33N5O.ClH/c1-14(2)17-12-16(21-24(17)19(3,4)5)18(25)23-9-6-15(13-23)22-10-7-20-8-11-22;/h12,14-15,20H,6-11,13H2,1-5H3;1H. The maximum absolute atomic E-state index is 13.0. The fourth-order valence-electron chi connectivity index (χ4n) is 3.88. The van der Waals surface area contributed by atoms with Crippen LogP contribution in [0.5, 0.6) is 0 Å². The monoisotopic (exact) mass is 383 g/mol. The summed E-state index contributed by atoms with van der Waals surface area (Å²) in [5, 5.41) is 8.08. The lowest BCUT2D eigenvalue weighted by molar-refractivity contribution is 0.0766. The van der Waals surface area contributed by atoms with E-state index in [-0.39, 0.29) is 23.9 Å². The highest BCUT2D eigenvalue weighted by atomic mass is 35.5. The zero-order valence-corrected chi connectivity index (χ0v) is 17.6. The van der Waals surface area contributed by atoms with Gasteiger partial charge in [-0.3, -0.25) is 14.4 Å². The molecule has 6 nitrogen and oxygen atoms in total. The van der Waals surface area contributed by atoms with Crippen LogP contribution in [-0.4, -0.2) is 70.8 Å². The Morgan fingerprint density at radius 2 is 1.88 bits per heavy atom. The minimum atomic E-state index is -0.119. The Hall–Kier alpha value is -1.11. The Kier molecular flexibility index (Phi) is 6.75. The third kappa shape index (κ3) is 4.41. The maximum Gasteiger partial charge on any atom is 0.274 e. The zero-order chi connectivity index (χ0) is 18.2. The molecule has 26 heavy (non-hydrogen) atoms. The van der Waals surface area contributed by atoms with E-state index in [1.165, 1.54) is 0 Å². The smallest absolute Gasteiger partial charge is 0.274 e. The third-order valence-electron chi connectivity index (χ3n) is 5.30. The van der Waals surface area contributed by atoms with Crippen molar-refractivity contribution >= 4 is 18.3 Å². The van der Waals surface area contributed by atoms with Crippen molar-refractivity contribution in [3.63, 3.8) is 0 Å². The van der Waals surface area contributed by atoms with E-state index >= 15 is 0 Å². The molecule has 1 amide bonds. The molecule has 0 aromatic carbocycles. The van der Waals surface area contributed by atoms with Crippen molar-refractivity contribution in [1.82, 2.24) is 24.9 Å². The average Bonchev–Trinajstić information content (AvgIpc) is 3.22. The summed E-state index contributed by atoms with van der Waals surface area (Å²) in [6.07, 6.45) is 1.07. The Morgan fingerprint density at radius 3 is 2.42 bits per heavy atom. The average molecular weight is 384 g/mol. The van der Waals surface area contributed by atoms with Crippen molar-refractivity contribution in [2.75, 3.05) is 39.3 Å². The van der Waals surface area contributed by atoms with Crippen molar-refractivity contribution in [2.45, 2.75) is 58.5 Å². The quantitative estimate of drug-likeness (QED) is 0.870. The topological polar surface area (TPSA) is 53.4 Å². The van der Waals surface area contributed by atoms with Crippen molar-refractivity contribution in [1.29, 1.82) is 0 Å². The first-order valence-corrected chi connectivity index (χ1v) is 9.62. The number of likely N-dealkylation sites (tertiary alicyclic amines) is 1. The summed E-state index contributed by atoms with van der Waals surface area (Å²) in [6.45, 7) is 16.7. The van der Waals surface area contributed by atoms with E-state index in [4.69, 9.17) is 0 Å². The lowest BCUT2D eigenvalue weighted by atomic mass is 10.1. The number of rotatable bonds is 3. The molecule has 2 fully saturated rings. The van der Waals surface area contributed by atoms with E-state index in [0.29, 0.717) is 17.7 Å². The van der Waals surface area contributed by atoms with Gasteiger partial charge in [0, 0.05) is 51.0 Å². The van der Waals surface area contributed by atoms with Gasteiger partial charge >= 0.3 is 0 Å². The number of hydrogen-bond acceptors (Lipinski definition) is 4. The predicted molar refractivity (Wildman–Crippen MR) is 107 cm³/mol. The molecule has 2 aliphatic rings. The van der Waals surface area contributed by atoms with E-state index in [1.807, 2.05) is 15.6 Å². The summed E-state index contributed by atoms with van der Waals surface area (Å²) in [5.41, 5.74) is 1.61. The highest BCUT2D eigenvalue weighted by Crippen LogP contribution is 2.25. The molecule has 1 unspecified atom stereocenters. The first kappa shape index (κ1) is 21.2. The zero-order valence-electron chi connectivity index (χ0n) is 16.8. The van der Waals surface area contributed by atoms with Crippen LogP contribution in [0.1, 0.15) is 63.1 Å². The summed E-state index contributed by atoms with van der Waals surface area (Å²) < 4.78 is 2.02. The molecule has 2 aliphatic heterocycles. The van der Waals surface area contributed by atoms with Crippen LogP contribution < -0.4 is 5.32 Å². The van der Waals surface area contributed by atoms with Crippen molar-refractivity contribution in [2.24, 2.45) is 0 Å². The Balaban J connectivity index is 0.00000243. The number of piperazine rings is 1. The van der Waals surface area contributed by atoms with Crippen molar-refractivity contribution in [3.8, 4) is 0 Å². The van der Waals surface area contributed by atoms with Gasteiger partial charge in [0.2, 0.25) is 0 Å². The Labute approximate surface area is 163 Å². The summed E-state index contributed by atoms with van der Waals surface area (Å²) in [5.74, 6) is 0.433. The SMILES string of the molecule is CC(C)c1cc(C(=O)N2CCC(N3CCNCC3)C2)nn1C(C)(C)C.Cl. The molecule has 0 spiro atoms. The van der Waals surface area contributed by atoms with Crippen LogP contribution in [0.3, 0.4) is 0 Å². The fraction of sp³-hybridized carbons (Fsp3) is 0.789. The van der Waals surface area contributed by atoms with Crippen LogP contribution in [0.25, 0.3) is 0 Å². The second-order valence-corrected chi connectivity index (χ2v) is 8.67. The van der Waals surface area contributed by atoms with Gasteiger partial charge in [0.1, 0.15) is 0 Å².